The van der Waals surface area contributed by atoms with Crippen molar-refractivity contribution >= 4 is 45.8 Å². The molecule has 1 amide bonds. The van der Waals surface area contributed by atoms with Gasteiger partial charge in [-0.15, -0.1) is 0 Å². The summed E-state index contributed by atoms with van der Waals surface area (Å²) < 4.78 is 6.25. The fourth-order valence-corrected chi connectivity index (χ4v) is 2.80. The molecule has 0 bridgehead atoms. The standard InChI is InChI=1S/C12H14ClIN2O2/c1-18-8-5-11(15-6-8)12(17)16-10-3-2-7(14)4-9(10)13/h2-4,8,11,15H,5-6H2,1H3,(H,16,17). The number of carbonyl (C=O) groups excluding carboxylic acids is 1. The number of anilines is 1. The van der Waals surface area contributed by atoms with Gasteiger partial charge < -0.3 is 15.4 Å². The van der Waals surface area contributed by atoms with Gasteiger partial charge in [0.05, 0.1) is 22.9 Å². The topological polar surface area (TPSA) is 50.4 Å². The molecule has 18 heavy (non-hydrogen) atoms. The Kier molecular flexibility index (Phi) is 4.83. The molecule has 2 atom stereocenters. The van der Waals surface area contributed by atoms with Gasteiger partial charge in [-0.2, -0.15) is 0 Å². The number of amides is 1. The molecule has 1 aliphatic rings. The smallest absolute Gasteiger partial charge is 0.241 e. The van der Waals surface area contributed by atoms with E-state index in [0.29, 0.717) is 23.7 Å². The molecule has 1 saturated heterocycles. The number of nitrogens with one attached hydrogen (secondary N) is 2. The third-order valence-corrected chi connectivity index (χ3v) is 3.91. The van der Waals surface area contributed by atoms with Crippen LogP contribution in [0.15, 0.2) is 18.2 Å². The summed E-state index contributed by atoms with van der Waals surface area (Å²) in [6.45, 7) is 0.703. The average molecular weight is 381 g/mol. The molecule has 2 N–H and O–H groups in total. The van der Waals surface area contributed by atoms with Gasteiger partial charge >= 0.3 is 0 Å². The van der Waals surface area contributed by atoms with Crippen LogP contribution < -0.4 is 10.6 Å². The van der Waals surface area contributed by atoms with Gasteiger partial charge in [-0.05, 0) is 47.2 Å². The summed E-state index contributed by atoms with van der Waals surface area (Å²) in [6.07, 6.45) is 0.789. The zero-order chi connectivity index (χ0) is 13.1. The van der Waals surface area contributed by atoms with Crippen LogP contribution in [-0.2, 0) is 9.53 Å². The van der Waals surface area contributed by atoms with E-state index in [2.05, 4.69) is 33.2 Å². The number of hydrogen-bond acceptors (Lipinski definition) is 3. The third-order valence-electron chi connectivity index (χ3n) is 2.93. The molecule has 2 unspecified atom stereocenters. The molecule has 1 aromatic rings. The fourth-order valence-electron chi connectivity index (χ4n) is 1.89. The molecule has 0 aromatic heterocycles. The van der Waals surface area contributed by atoms with E-state index >= 15 is 0 Å². The summed E-state index contributed by atoms with van der Waals surface area (Å²) >= 11 is 8.25. The van der Waals surface area contributed by atoms with Crippen LogP contribution in [0.3, 0.4) is 0 Å². The maximum absolute atomic E-state index is 12.0. The summed E-state index contributed by atoms with van der Waals surface area (Å²) in [5.74, 6) is -0.0716. The quantitative estimate of drug-likeness (QED) is 0.791. The normalized spacial score (nSPS) is 23.1. The number of halogens is 2. The maximum atomic E-state index is 12.0. The van der Waals surface area contributed by atoms with E-state index in [1.807, 2.05) is 18.2 Å². The first kappa shape index (κ1) is 14.0. The highest BCUT2D eigenvalue weighted by atomic mass is 127. The summed E-state index contributed by atoms with van der Waals surface area (Å²) in [4.78, 5) is 12.0. The van der Waals surface area contributed by atoms with Gasteiger partial charge in [-0.1, -0.05) is 11.6 Å². The van der Waals surface area contributed by atoms with Crippen LogP contribution in [0.4, 0.5) is 5.69 Å². The zero-order valence-corrected chi connectivity index (χ0v) is 12.8. The van der Waals surface area contributed by atoms with Crippen molar-refractivity contribution in [1.29, 1.82) is 0 Å². The Bertz CT molecular complexity index is 456. The Labute approximate surface area is 125 Å². The van der Waals surface area contributed by atoms with E-state index in [1.165, 1.54) is 0 Å². The van der Waals surface area contributed by atoms with Crippen LogP contribution in [0.25, 0.3) is 0 Å². The SMILES string of the molecule is COC1CNC(C(=O)Nc2ccc(I)cc2Cl)C1. The minimum atomic E-state index is -0.217. The van der Waals surface area contributed by atoms with E-state index in [0.717, 1.165) is 3.57 Å². The van der Waals surface area contributed by atoms with Crippen LogP contribution in [-0.4, -0.2) is 31.7 Å². The minimum Gasteiger partial charge on any atom is -0.380 e. The zero-order valence-electron chi connectivity index (χ0n) is 9.87. The lowest BCUT2D eigenvalue weighted by molar-refractivity contribution is -0.118. The minimum absolute atomic E-state index is 0.0716. The van der Waals surface area contributed by atoms with Crippen LogP contribution in [0.5, 0.6) is 0 Å². The predicted molar refractivity (Wildman–Crippen MR) is 80.0 cm³/mol. The van der Waals surface area contributed by atoms with Crippen LogP contribution in [0.2, 0.25) is 5.02 Å². The molecular weight excluding hydrogens is 367 g/mol. The summed E-state index contributed by atoms with van der Waals surface area (Å²) in [6, 6.07) is 5.32. The second kappa shape index (κ2) is 6.18. The molecule has 1 heterocycles. The number of methoxy groups -OCH3 is 1. The Balaban J connectivity index is 1.99. The van der Waals surface area contributed by atoms with Crippen molar-refractivity contribution in [1.82, 2.24) is 5.32 Å². The van der Waals surface area contributed by atoms with Gasteiger partial charge in [-0.25, -0.2) is 0 Å². The highest BCUT2D eigenvalue weighted by Gasteiger charge is 2.29. The lowest BCUT2D eigenvalue weighted by atomic mass is 10.2. The van der Waals surface area contributed by atoms with Crippen molar-refractivity contribution in [3.8, 4) is 0 Å². The lowest BCUT2D eigenvalue weighted by Gasteiger charge is -2.12. The van der Waals surface area contributed by atoms with Crippen molar-refractivity contribution in [2.24, 2.45) is 0 Å². The van der Waals surface area contributed by atoms with Gasteiger partial charge in [0, 0.05) is 17.2 Å². The van der Waals surface area contributed by atoms with Crippen LogP contribution in [0, 0.1) is 3.57 Å². The third kappa shape index (κ3) is 3.34. The molecule has 0 saturated carbocycles. The molecule has 1 aliphatic heterocycles. The van der Waals surface area contributed by atoms with Crippen molar-refractivity contribution in [3.63, 3.8) is 0 Å². The average Bonchev–Trinajstić information content (AvgIpc) is 2.81. The monoisotopic (exact) mass is 380 g/mol. The molecule has 2 rings (SSSR count). The molecule has 0 aliphatic carbocycles. The van der Waals surface area contributed by atoms with E-state index < -0.39 is 0 Å². The van der Waals surface area contributed by atoms with Crippen molar-refractivity contribution in [2.75, 3.05) is 19.0 Å². The first-order valence-electron chi connectivity index (χ1n) is 5.62. The Morgan fingerprint density at radius 2 is 2.39 bits per heavy atom. The van der Waals surface area contributed by atoms with Gasteiger partial charge in [0.15, 0.2) is 0 Å². The molecule has 4 nitrogen and oxygen atoms in total. The number of benzene rings is 1. The van der Waals surface area contributed by atoms with E-state index in [1.54, 1.807) is 7.11 Å². The van der Waals surface area contributed by atoms with Crippen molar-refractivity contribution in [2.45, 2.75) is 18.6 Å². The number of carbonyl (C=O) groups is 1. The van der Waals surface area contributed by atoms with E-state index in [-0.39, 0.29) is 18.1 Å². The van der Waals surface area contributed by atoms with Crippen LogP contribution >= 0.6 is 34.2 Å². The first-order chi connectivity index (χ1) is 8.60. The van der Waals surface area contributed by atoms with Gasteiger partial charge in [0.25, 0.3) is 0 Å². The summed E-state index contributed by atoms with van der Waals surface area (Å²) in [7, 11) is 1.66. The van der Waals surface area contributed by atoms with Gasteiger partial charge in [-0.3, -0.25) is 4.79 Å². The van der Waals surface area contributed by atoms with Crippen LogP contribution in [0.1, 0.15) is 6.42 Å². The number of rotatable bonds is 3. The number of hydrogen-bond donors (Lipinski definition) is 2. The summed E-state index contributed by atoms with van der Waals surface area (Å²) in [5.41, 5.74) is 0.643. The van der Waals surface area contributed by atoms with E-state index in [9.17, 15) is 4.79 Å². The number of ether oxygens (including phenoxy) is 1. The highest BCUT2D eigenvalue weighted by molar-refractivity contribution is 14.1. The summed E-state index contributed by atoms with van der Waals surface area (Å²) in [5, 5.41) is 6.51. The lowest BCUT2D eigenvalue weighted by Crippen LogP contribution is -2.35. The maximum Gasteiger partial charge on any atom is 0.241 e. The van der Waals surface area contributed by atoms with Crippen molar-refractivity contribution in [3.05, 3.63) is 26.8 Å². The Morgan fingerprint density at radius 1 is 1.61 bits per heavy atom. The predicted octanol–water partition coefficient (Wildman–Crippen LogP) is 2.26. The Hall–Kier alpha value is -0.370. The molecule has 0 spiro atoms. The molecular formula is C12H14ClIN2O2. The first-order valence-corrected chi connectivity index (χ1v) is 7.08. The van der Waals surface area contributed by atoms with Gasteiger partial charge in [0.1, 0.15) is 0 Å². The highest BCUT2D eigenvalue weighted by Crippen LogP contribution is 2.24. The van der Waals surface area contributed by atoms with Gasteiger partial charge in [0.2, 0.25) is 5.91 Å². The molecule has 6 heteroatoms. The molecule has 1 aromatic carbocycles. The fraction of sp³-hybridized carbons (Fsp3) is 0.417. The van der Waals surface area contributed by atoms with Crippen molar-refractivity contribution < 1.29 is 9.53 Å². The Morgan fingerprint density at radius 3 is 3.00 bits per heavy atom. The molecule has 98 valence electrons. The second-order valence-electron chi connectivity index (χ2n) is 4.17. The largest absolute Gasteiger partial charge is 0.380 e. The molecule has 0 radical (unpaired) electrons. The molecule has 1 fully saturated rings. The second-order valence-corrected chi connectivity index (χ2v) is 5.82. The van der Waals surface area contributed by atoms with E-state index in [4.69, 9.17) is 16.3 Å².